The molecule has 1 unspecified atom stereocenters. The Labute approximate surface area is 195 Å². The van der Waals surface area contributed by atoms with Gasteiger partial charge in [-0.05, 0) is 42.8 Å². The van der Waals surface area contributed by atoms with E-state index in [9.17, 15) is 4.79 Å². The average molecular weight is 457 g/mol. The maximum absolute atomic E-state index is 13.0. The molecule has 0 saturated heterocycles. The van der Waals surface area contributed by atoms with Gasteiger partial charge in [0.1, 0.15) is 12.7 Å². The van der Waals surface area contributed by atoms with Crippen LogP contribution in [0.3, 0.4) is 0 Å². The van der Waals surface area contributed by atoms with Crippen LogP contribution in [0.25, 0.3) is 16.6 Å². The van der Waals surface area contributed by atoms with Crippen molar-refractivity contribution in [1.82, 2.24) is 29.9 Å². The van der Waals surface area contributed by atoms with Gasteiger partial charge in [-0.25, -0.2) is 0 Å². The van der Waals surface area contributed by atoms with Gasteiger partial charge < -0.3 is 5.32 Å². The molecule has 1 N–H and O–H groups in total. The normalized spacial score (nSPS) is 12.1. The molecule has 1 amide bonds. The molecule has 33 heavy (non-hydrogen) atoms. The second-order valence-corrected chi connectivity index (χ2v) is 8.25. The minimum atomic E-state index is -0.246. The van der Waals surface area contributed by atoms with E-state index in [0.717, 1.165) is 22.2 Å². The molecule has 5 rings (SSSR count). The third kappa shape index (κ3) is 4.36. The molecular weight excluding hydrogens is 436 g/mol. The Bertz CT molecular complexity index is 1410. The van der Waals surface area contributed by atoms with Crippen LogP contribution in [0.2, 0.25) is 5.02 Å². The molecule has 0 bridgehead atoms. The van der Waals surface area contributed by atoms with E-state index in [4.69, 9.17) is 16.7 Å². The smallest absolute Gasteiger partial charge is 0.252 e. The molecule has 8 heteroatoms. The first-order chi connectivity index (χ1) is 16.1. The van der Waals surface area contributed by atoms with Crippen LogP contribution < -0.4 is 5.32 Å². The number of carbonyl (C=O) groups is 1. The van der Waals surface area contributed by atoms with Crippen molar-refractivity contribution >= 4 is 28.4 Å². The van der Waals surface area contributed by atoms with Crippen molar-refractivity contribution in [2.45, 2.75) is 13.0 Å². The number of amides is 1. The van der Waals surface area contributed by atoms with Gasteiger partial charge >= 0.3 is 0 Å². The zero-order valence-corrected chi connectivity index (χ0v) is 18.6. The summed E-state index contributed by atoms with van der Waals surface area (Å²) in [4.78, 5) is 13.0. The van der Waals surface area contributed by atoms with Crippen LogP contribution in [0.15, 0.2) is 85.6 Å². The molecule has 7 nitrogen and oxygen atoms in total. The largest absolute Gasteiger partial charge is 0.349 e. The molecule has 0 spiro atoms. The van der Waals surface area contributed by atoms with Crippen molar-refractivity contribution in [3.63, 3.8) is 0 Å². The summed E-state index contributed by atoms with van der Waals surface area (Å²) < 4.78 is 3.64. The van der Waals surface area contributed by atoms with Gasteiger partial charge in [-0.1, -0.05) is 53.6 Å². The van der Waals surface area contributed by atoms with Gasteiger partial charge in [0.15, 0.2) is 0 Å². The maximum atomic E-state index is 13.0. The first kappa shape index (κ1) is 20.9. The fourth-order valence-electron chi connectivity index (χ4n) is 3.83. The van der Waals surface area contributed by atoms with Crippen LogP contribution >= 0.6 is 11.6 Å². The van der Waals surface area contributed by atoms with Gasteiger partial charge in [-0.15, -0.1) is 10.2 Å². The van der Waals surface area contributed by atoms with Crippen LogP contribution in [-0.2, 0) is 0 Å². The molecule has 3 aromatic carbocycles. The first-order valence-electron chi connectivity index (χ1n) is 10.5. The van der Waals surface area contributed by atoms with E-state index >= 15 is 0 Å². The third-order valence-electron chi connectivity index (χ3n) is 5.55. The minimum Gasteiger partial charge on any atom is -0.349 e. The molecule has 0 saturated carbocycles. The molecule has 0 aliphatic rings. The molecule has 2 heterocycles. The quantitative estimate of drug-likeness (QED) is 0.405. The van der Waals surface area contributed by atoms with Gasteiger partial charge in [-0.2, -0.15) is 5.10 Å². The Morgan fingerprint density at radius 1 is 1.03 bits per heavy atom. The van der Waals surface area contributed by atoms with Crippen molar-refractivity contribution in [2.75, 3.05) is 6.54 Å². The molecule has 5 aromatic rings. The van der Waals surface area contributed by atoms with Crippen LogP contribution in [-0.4, -0.2) is 37.0 Å². The monoisotopic (exact) mass is 456 g/mol. The van der Waals surface area contributed by atoms with E-state index < -0.39 is 0 Å². The van der Waals surface area contributed by atoms with Crippen LogP contribution in [0, 0.1) is 6.92 Å². The number of hydrogen-bond acceptors (Lipinski definition) is 4. The Morgan fingerprint density at radius 3 is 2.58 bits per heavy atom. The number of nitrogens with one attached hydrogen (secondary N) is 1. The summed E-state index contributed by atoms with van der Waals surface area (Å²) in [5.74, 6) is -0.246. The molecule has 0 aliphatic carbocycles. The summed E-state index contributed by atoms with van der Waals surface area (Å²) in [5.41, 5.74) is 4.33. The highest BCUT2D eigenvalue weighted by atomic mass is 35.5. The van der Waals surface area contributed by atoms with E-state index in [2.05, 4.69) is 28.5 Å². The van der Waals surface area contributed by atoms with Gasteiger partial charge in [0.25, 0.3) is 5.91 Å². The second-order valence-electron chi connectivity index (χ2n) is 7.84. The predicted molar refractivity (Wildman–Crippen MR) is 128 cm³/mol. The van der Waals surface area contributed by atoms with Crippen molar-refractivity contribution in [2.24, 2.45) is 0 Å². The van der Waals surface area contributed by atoms with Gasteiger partial charge in [0, 0.05) is 23.8 Å². The maximum Gasteiger partial charge on any atom is 0.252 e. The highest BCUT2D eigenvalue weighted by molar-refractivity contribution is 6.34. The van der Waals surface area contributed by atoms with E-state index in [0.29, 0.717) is 17.1 Å². The summed E-state index contributed by atoms with van der Waals surface area (Å²) >= 11 is 6.43. The fourth-order valence-corrected chi connectivity index (χ4v) is 4.09. The molecule has 0 fully saturated rings. The number of rotatable bonds is 6. The molecule has 0 radical (unpaired) electrons. The average Bonchev–Trinajstić information content (AvgIpc) is 3.50. The Kier molecular flexibility index (Phi) is 5.62. The van der Waals surface area contributed by atoms with Crippen molar-refractivity contribution in [1.29, 1.82) is 0 Å². The third-order valence-corrected chi connectivity index (χ3v) is 5.86. The molecule has 2 aromatic heterocycles. The van der Waals surface area contributed by atoms with Crippen LogP contribution in [0.4, 0.5) is 0 Å². The Balaban J connectivity index is 1.40. The number of fused-ring (bicyclic) bond motifs is 1. The van der Waals surface area contributed by atoms with Gasteiger partial charge in [0.2, 0.25) is 0 Å². The van der Waals surface area contributed by atoms with Crippen molar-refractivity contribution < 1.29 is 4.79 Å². The lowest BCUT2D eigenvalue weighted by Crippen LogP contribution is -2.31. The lowest BCUT2D eigenvalue weighted by Gasteiger charge is -2.19. The number of nitrogens with zero attached hydrogens (tertiary/aromatic N) is 5. The minimum absolute atomic E-state index is 0.169. The standard InChI is InChI=1S/C25H21ClN6O/c1-17-7-10-23-19(11-17)14-32(30-23)24(18-5-3-2-4-6-18)13-27-25(33)21-9-8-20(12-22(21)26)31-15-28-29-16-31/h2-12,14-16,24H,13H2,1H3,(H,27,33). The van der Waals surface area contributed by atoms with Gasteiger partial charge in [0.05, 0.1) is 22.1 Å². The highest BCUT2D eigenvalue weighted by Gasteiger charge is 2.19. The number of aryl methyl sites for hydroxylation is 1. The molecular formula is C25H21ClN6O. The number of aromatic nitrogens is 5. The zero-order valence-electron chi connectivity index (χ0n) is 17.9. The summed E-state index contributed by atoms with van der Waals surface area (Å²) in [6.07, 6.45) is 5.17. The van der Waals surface area contributed by atoms with E-state index in [1.54, 1.807) is 35.4 Å². The molecule has 1 atom stereocenters. The molecule has 0 aliphatic heterocycles. The number of benzene rings is 3. The van der Waals surface area contributed by atoms with Crippen LogP contribution in [0.1, 0.15) is 27.5 Å². The lowest BCUT2D eigenvalue weighted by atomic mass is 10.1. The number of hydrogen-bond donors (Lipinski definition) is 1. The van der Waals surface area contributed by atoms with E-state index in [1.165, 1.54) is 5.56 Å². The summed E-state index contributed by atoms with van der Waals surface area (Å²) in [5, 5.41) is 16.8. The van der Waals surface area contributed by atoms with Crippen molar-refractivity contribution in [3.05, 3.63) is 107 Å². The Morgan fingerprint density at radius 2 is 1.82 bits per heavy atom. The van der Waals surface area contributed by atoms with E-state index in [-0.39, 0.29) is 11.9 Å². The topological polar surface area (TPSA) is 77.6 Å². The highest BCUT2D eigenvalue weighted by Crippen LogP contribution is 2.23. The second kappa shape index (κ2) is 8.88. The predicted octanol–water partition coefficient (Wildman–Crippen LogP) is 4.60. The first-order valence-corrected chi connectivity index (χ1v) is 10.9. The SMILES string of the molecule is Cc1ccc2nn(C(CNC(=O)c3ccc(-n4cnnc4)cc3Cl)c3ccccc3)cc2c1. The zero-order chi connectivity index (χ0) is 22.8. The summed E-state index contributed by atoms with van der Waals surface area (Å²) in [6.45, 7) is 2.42. The summed E-state index contributed by atoms with van der Waals surface area (Å²) in [6, 6.07) is 21.2. The number of carbonyl (C=O) groups excluding carboxylic acids is 1. The fraction of sp³-hybridized carbons (Fsp3) is 0.120. The van der Waals surface area contributed by atoms with Gasteiger partial charge in [-0.3, -0.25) is 14.0 Å². The molecule has 164 valence electrons. The number of halogens is 1. The van der Waals surface area contributed by atoms with E-state index in [1.807, 2.05) is 53.3 Å². The van der Waals surface area contributed by atoms with Crippen LogP contribution in [0.5, 0.6) is 0 Å². The lowest BCUT2D eigenvalue weighted by molar-refractivity contribution is 0.0949. The Hall–Kier alpha value is -3.97. The summed E-state index contributed by atoms with van der Waals surface area (Å²) in [7, 11) is 0. The van der Waals surface area contributed by atoms with Crippen molar-refractivity contribution in [3.8, 4) is 5.69 Å².